The van der Waals surface area contributed by atoms with E-state index in [1.807, 2.05) is 0 Å². The fraction of sp³-hybridized carbons (Fsp3) is 0.0769. The maximum Gasteiger partial charge on any atom is 0.186 e. The third-order valence-corrected chi connectivity index (χ3v) is 2.37. The monoisotopic (exact) mass is 229 g/mol. The van der Waals surface area contributed by atoms with Crippen LogP contribution in [0.1, 0.15) is 5.56 Å². The van der Waals surface area contributed by atoms with Crippen molar-refractivity contribution in [1.29, 1.82) is 0 Å². The van der Waals surface area contributed by atoms with Gasteiger partial charge in [0.1, 0.15) is 0 Å². The number of rotatable bonds is 3. The van der Waals surface area contributed by atoms with E-state index in [1.54, 1.807) is 24.3 Å². The molecule has 0 bridgehead atoms. The second kappa shape index (κ2) is 4.76. The van der Waals surface area contributed by atoms with Crippen LogP contribution in [-0.2, 0) is 14.4 Å². The molecule has 1 aliphatic carbocycles. The molecule has 0 fully saturated rings. The summed E-state index contributed by atoms with van der Waals surface area (Å²) in [6.07, 6.45) is 3.91. The quantitative estimate of drug-likeness (QED) is 0.633. The Balaban J connectivity index is 2.28. The number of hydrogen-bond donors (Lipinski definition) is 1. The molecule has 0 radical (unpaired) electrons. The molecule has 0 aliphatic heterocycles. The summed E-state index contributed by atoms with van der Waals surface area (Å²) in [5, 5.41) is 0. The number of carbonyl (C=O) groups excluding carboxylic acids is 2. The Morgan fingerprint density at radius 3 is 2.41 bits per heavy atom. The maximum absolute atomic E-state index is 11.6. The van der Waals surface area contributed by atoms with Crippen LogP contribution in [0.5, 0.6) is 0 Å². The minimum Gasteiger partial charge on any atom is -0.290 e. The van der Waals surface area contributed by atoms with Gasteiger partial charge in [-0.3, -0.25) is 19.9 Å². The first kappa shape index (κ1) is 11.3. The van der Waals surface area contributed by atoms with Gasteiger partial charge >= 0.3 is 0 Å². The fourth-order valence-corrected chi connectivity index (χ4v) is 1.57. The third kappa shape index (κ3) is 2.49. The predicted molar refractivity (Wildman–Crippen MR) is 64.2 cm³/mol. The molecule has 1 N–H and O–H groups in total. The van der Waals surface area contributed by atoms with Crippen LogP contribution in [0.15, 0.2) is 42.5 Å². The molecule has 0 saturated carbocycles. The Morgan fingerprint density at radius 1 is 1.06 bits per heavy atom. The van der Waals surface area contributed by atoms with E-state index in [1.165, 1.54) is 25.3 Å². The summed E-state index contributed by atoms with van der Waals surface area (Å²) in [4.78, 5) is 27.6. The lowest BCUT2D eigenvalue weighted by atomic mass is 9.96. The van der Waals surface area contributed by atoms with Gasteiger partial charge in [-0.25, -0.2) is 0 Å². The standard InChI is InChI=1S/C13H11NO3/c1-17-14-10-4-2-9(3-5-10)12-8-11(15)6-7-13(12)16/h2-8,14H,1H3. The van der Waals surface area contributed by atoms with E-state index >= 15 is 0 Å². The summed E-state index contributed by atoms with van der Waals surface area (Å²) in [7, 11) is 1.52. The normalized spacial score (nSPS) is 14.8. The first-order valence-electron chi connectivity index (χ1n) is 5.08. The van der Waals surface area contributed by atoms with E-state index in [0.717, 1.165) is 5.69 Å². The molecule has 0 unspecified atom stereocenters. The molecule has 0 saturated heterocycles. The first-order chi connectivity index (χ1) is 8.20. The molecule has 0 aromatic heterocycles. The number of carbonyl (C=O) groups is 2. The van der Waals surface area contributed by atoms with Crippen molar-refractivity contribution in [2.45, 2.75) is 0 Å². The summed E-state index contributed by atoms with van der Waals surface area (Å²) in [6.45, 7) is 0. The number of benzene rings is 1. The van der Waals surface area contributed by atoms with Crippen molar-refractivity contribution in [1.82, 2.24) is 0 Å². The minimum atomic E-state index is -0.168. The topological polar surface area (TPSA) is 55.4 Å². The van der Waals surface area contributed by atoms with Gasteiger partial charge in [-0.05, 0) is 35.9 Å². The molecule has 4 nitrogen and oxygen atoms in total. The molecule has 1 aromatic rings. The van der Waals surface area contributed by atoms with Crippen LogP contribution in [0.2, 0.25) is 0 Å². The van der Waals surface area contributed by atoms with E-state index in [0.29, 0.717) is 11.1 Å². The van der Waals surface area contributed by atoms with Gasteiger partial charge in [0.2, 0.25) is 0 Å². The second-order valence-electron chi connectivity index (χ2n) is 3.54. The number of anilines is 1. The largest absolute Gasteiger partial charge is 0.290 e. The van der Waals surface area contributed by atoms with Gasteiger partial charge in [0.05, 0.1) is 12.8 Å². The summed E-state index contributed by atoms with van der Waals surface area (Å²) in [5.74, 6) is -0.323. The van der Waals surface area contributed by atoms with Crippen LogP contribution in [0, 0.1) is 0 Å². The Bertz CT molecular complexity index is 512. The third-order valence-electron chi connectivity index (χ3n) is 2.37. The van der Waals surface area contributed by atoms with Gasteiger partial charge in [0, 0.05) is 5.57 Å². The van der Waals surface area contributed by atoms with Crippen molar-refractivity contribution in [2.75, 3.05) is 12.6 Å². The highest BCUT2D eigenvalue weighted by Crippen LogP contribution is 2.21. The molecule has 1 aromatic carbocycles. The minimum absolute atomic E-state index is 0.156. The zero-order valence-corrected chi connectivity index (χ0v) is 9.27. The smallest absolute Gasteiger partial charge is 0.186 e. The lowest BCUT2D eigenvalue weighted by Gasteiger charge is -2.08. The summed E-state index contributed by atoms with van der Waals surface area (Å²) >= 11 is 0. The van der Waals surface area contributed by atoms with Crippen molar-refractivity contribution >= 4 is 22.8 Å². The highest BCUT2D eigenvalue weighted by atomic mass is 16.6. The lowest BCUT2D eigenvalue weighted by molar-refractivity contribution is -0.113. The Hall–Kier alpha value is -2.20. The summed E-state index contributed by atoms with van der Waals surface area (Å²) < 4.78 is 0. The van der Waals surface area contributed by atoms with Gasteiger partial charge < -0.3 is 0 Å². The van der Waals surface area contributed by atoms with Crippen LogP contribution >= 0.6 is 0 Å². The van der Waals surface area contributed by atoms with Crippen molar-refractivity contribution in [3.63, 3.8) is 0 Å². The van der Waals surface area contributed by atoms with Crippen LogP contribution < -0.4 is 5.48 Å². The lowest BCUT2D eigenvalue weighted by Crippen LogP contribution is -2.06. The summed E-state index contributed by atoms with van der Waals surface area (Å²) in [5.41, 5.74) is 4.59. The number of allylic oxidation sites excluding steroid dienone is 4. The van der Waals surface area contributed by atoms with Crippen molar-refractivity contribution in [3.05, 3.63) is 48.1 Å². The van der Waals surface area contributed by atoms with E-state index in [2.05, 4.69) is 5.48 Å². The van der Waals surface area contributed by atoms with Gasteiger partial charge in [-0.2, -0.15) is 0 Å². The number of nitrogens with one attached hydrogen (secondary N) is 1. The highest BCUT2D eigenvalue weighted by Gasteiger charge is 2.14. The Morgan fingerprint density at radius 2 is 1.76 bits per heavy atom. The van der Waals surface area contributed by atoms with Gasteiger partial charge in [-0.15, -0.1) is 0 Å². The molecular weight excluding hydrogens is 218 g/mol. The van der Waals surface area contributed by atoms with Gasteiger partial charge in [0.15, 0.2) is 11.6 Å². The van der Waals surface area contributed by atoms with Crippen molar-refractivity contribution in [2.24, 2.45) is 0 Å². The average molecular weight is 229 g/mol. The maximum atomic E-state index is 11.6. The molecular formula is C13H11NO3. The van der Waals surface area contributed by atoms with E-state index in [-0.39, 0.29) is 11.6 Å². The highest BCUT2D eigenvalue weighted by molar-refractivity contribution is 6.33. The van der Waals surface area contributed by atoms with Gasteiger partial charge in [-0.1, -0.05) is 12.1 Å². The van der Waals surface area contributed by atoms with Crippen molar-refractivity contribution < 1.29 is 14.4 Å². The zero-order valence-electron chi connectivity index (χ0n) is 9.27. The summed E-state index contributed by atoms with van der Waals surface area (Å²) in [6, 6.07) is 7.07. The van der Waals surface area contributed by atoms with Gasteiger partial charge in [0.25, 0.3) is 0 Å². The van der Waals surface area contributed by atoms with E-state index < -0.39 is 0 Å². The molecule has 0 heterocycles. The Labute approximate surface area is 98.5 Å². The average Bonchev–Trinajstić information content (AvgIpc) is 2.34. The first-order valence-corrected chi connectivity index (χ1v) is 5.08. The zero-order chi connectivity index (χ0) is 12.3. The molecule has 0 spiro atoms. The van der Waals surface area contributed by atoms with Crippen molar-refractivity contribution in [3.8, 4) is 0 Å². The molecule has 4 heteroatoms. The van der Waals surface area contributed by atoms with Crippen LogP contribution in [0.4, 0.5) is 5.69 Å². The fourth-order valence-electron chi connectivity index (χ4n) is 1.57. The predicted octanol–water partition coefficient (Wildman–Crippen LogP) is 1.75. The Kier molecular flexibility index (Phi) is 3.16. The second-order valence-corrected chi connectivity index (χ2v) is 3.54. The van der Waals surface area contributed by atoms with E-state index in [4.69, 9.17) is 4.84 Å². The molecule has 2 rings (SSSR count). The molecule has 0 atom stereocenters. The number of ketones is 2. The van der Waals surface area contributed by atoms with Crippen LogP contribution in [0.25, 0.3) is 5.57 Å². The number of hydrogen-bond acceptors (Lipinski definition) is 4. The SMILES string of the molecule is CONc1ccc(C2=CC(=O)C=CC2=O)cc1. The molecule has 86 valence electrons. The molecule has 1 aliphatic rings. The van der Waals surface area contributed by atoms with Crippen LogP contribution in [0.3, 0.4) is 0 Å². The van der Waals surface area contributed by atoms with E-state index in [9.17, 15) is 9.59 Å². The van der Waals surface area contributed by atoms with Crippen LogP contribution in [-0.4, -0.2) is 18.7 Å². The molecule has 0 amide bonds. The molecule has 17 heavy (non-hydrogen) atoms.